The number of imidazole rings is 1. The minimum Gasteiger partial charge on any atom is -0.383 e. The predicted octanol–water partition coefficient (Wildman–Crippen LogP) is 2.49. The van der Waals surface area contributed by atoms with Crippen LogP contribution in [0.2, 0.25) is 0 Å². The van der Waals surface area contributed by atoms with Gasteiger partial charge in [0.1, 0.15) is 6.10 Å². The number of ether oxygens (including phenoxy) is 2. The monoisotopic (exact) mass is 329 g/mol. The van der Waals surface area contributed by atoms with Gasteiger partial charge in [-0.25, -0.2) is 4.98 Å². The fourth-order valence-electron chi connectivity index (χ4n) is 3.43. The topological polar surface area (TPSA) is 48.3 Å². The van der Waals surface area contributed by atoms with Crippen LogP contribution < -0.4 is 5.32 Å². The highest BCUT2D eigenvalue weighted by atomic mass is 16.5. The third-order valence-electron chi connectivity index (χ3n) is 4.63. The second kappa shape index (κ2) is 8.42. The maximum atomic E-state index is 5.96. The van der Waals surface area contributed by atoms with Gasteiger partial charge in [-0.2, -0.15) is 0 Å². The fourth-order valence-corrected chi connectivity index (χ4v) is 3.43. The zero-order chi connectivity index (χ0) is 16.8. The van der Waals surface area contributed by atoms with Gasteiger partial charge in [0.15, 0.2) is 0 Å². The van der Waals surface area contributed by atoms with Crippen molar-refractivity contribution in [1.29, 1.82) is 0 Å². The Bertz CT molecular complexity index is 614. The van der Waals surface area contributed by atoms with E-state index in [1.807, 2.05) is 24.1 Å². The molecule has 0 amide bonds. The summed E-state index contributed by atoms with van der Waals surface area (Å²) in [5.41, 5.74) is 2.48. The summed E-state index contributed by atoms with van der Waals surface area (Å²) in [4.78, 5) is 4.21. The van der Waals surface area contributed by atoms with Gasteiger partial charge in [0.2, 0.25) is 0 Å². The SMILES string of the molecule is COC[C@H](Cc1ccccc1)N[C@H]1CCO[C@H](c2cncn2C)C1. The summed E-state index contributed by atoms with van der Waals surface area (Å²) < 4.78 is 13.4. The molecule has 0 unspecified atom stereocenters. The van der Waals surface area contributed by atoms with Gasteiger partial charge in [0.25, 0.3) is 0 Å². The van der Waals surface area contributed by atoms with Crippen LogP contribution in [0, 0.1) is 0 Å². The molecule has 1 saturated heterocycles. The molecular weight excluding hydrogens is 302 g/mol. The number of aryl methyl sites for hydroxylation is 1. The summed E-state index contributed by atoms with van der Waals surface area (Å²) in [6, 6.07) is 11.3. The third kappa shape index (κ3) is 4.44. The summed E-state index contributed by atoms with van der Waals surface area (Å²) in [5.74, 6) is 0. The van der Waals surface area contributed by atoms with E-state index in [0.29, 0.717) is 18.7 Å². The molecule has 0 aliphatic carbocycles. The predicted molar refractivity (Wildman–Crippen MR) is 93.9 cm³/mol. The molecule has 2 heterocycles. The molecule has 24 heavy (non-hydrogen) atoms. The van der Waals surface area contributed by atoms with Crippen molar-refractivity contribution in [1.82, 2.24) is 14.9 Å². The quantitative estimate of drug-likeness (QED) is 0.848. The van der Waals surface area contributed by atoms with Crippen LogP contribution >= 0.6 is 0 Å². The standard InChI is InChI=1S/C19H27N3O2/c1-22-14-20-12-18(22)19-11-16(8-9-24-19)21-17(13-23-2)10-15-6-4-3-5-7-15/h3-7,12,14,16-17,19,21H,8-11,13H2,1-2H3/t16-,17-,19-/m0/s1. The molecule has 0 saturated carbocycles. The maximum Gasteiger partial charge on any atom is 0.100 e. The summed E-state index contributed by atoms with van der Waals surface area (Å²) in [6.07, 6.45) is 6.83. The van der Waals surface area contributed by atoms with E-state index < -0.39 is 0 Å². The first kappa shape index (κ1) is 17.1. The largest absolute Gasteiger partial charge is 0.383 e. The van der Waals surface area contributed by atoms with Crippen LogP contribution in [0.25, 0.3) is 0 Å². The number of nitrogens with one attached hydrogen (secondary N) is 1. The van der Waals surface area contributed by atoms with E-state index in [1.165, 1.54) is 5.56 Å². The number of nitrogens with zero attached hydrogens (tertiary/aromatic N) is 2. The van der Waals surface area contributed by atoms with Gasteiger partial charge in [-0.05, 0) is 24.8 Å². The lowest BCUT2D eigenvalue weighted by Gasteiger charge is -2.33. The lowest BCUT2D eigenvalue weighted by molar-refractivity contribution is -0.00755. The molecular formula is C19H27N3O2. The van der Waals surface area contributed by atoms with Gasteiger partial charge in [-0.3, -0.25) is 0 Å². The van der Waals surface area contributed by atoms with Gasteiger partial charge in [-0.15, -0.1) is 0 Å². The molecule has 2 aromatic rings. The molecule has 1 N–H and O–H groups in total. The minimum atomic E-state index is 0.115. The minimum absolute atomic E-state index is 0.115. The molecule has 5 nitrogen and oxygen atoms in total. The molecule has 1 aromatic heterocycles. The van der Waals surface area contributed by atoms with Crippen LogP contribution in [0.5, 0.6) is 0 Å². The first-order chi connectivity index (χ1) is 11.8. The summed E-state index contributed by atoms with van der Waals surface area (Å²) in [5, 5.41) is 3.78. The maximum absolute atomic E-state index is 5.96. The van der Waals surface area contributed by atoms with E-state index in [2.05, 4.69) is 40.6 Å². The number of hydrogen-bond acceptors (Lipinski definition) is 4. The summed E-state index contributed by atoms with van der Waals surface area (Å²) >= 11 is 0. The van der Waals surface area contributed by atoms with E-state index in [9.17, 15) is 0 Å². The van der Waals surface area contributed by atoms with Crippen LogP contribution in [-0.2, 0) is 22.9 Å². The number of hydrogen-bond donors (Lipinski definition) is 1. The molecule has 5 heteroatoms. The van der Waals surface area contributed by atoms with Crippen molar-refractivity contribution in [3.05, 3.63) is 54.1 Å². The fraction of sp³-hybridized carbons (Fsp3) is 0.526. The number of methoxy groups -OCH3 is 1. The van der Waals surface area contributed by atoms with Crippen LogP contribution in [-0.4, -0.2) is 42.0 Å². The highest BCUT2D eigenvalue weighted by Crippen LogP contribution is 2.28. The van der Waals surface area contributed by atoms with Gasteiger partial charge in [-0.1, -0.05) is 30.3 Å². The molecule has 1 fully saturated rings. The Kier molecular flexibility index (Phi) is 6.01. The molecule has 130 valence electrons. The van der Waals surface area contributed by atoms with E-state index >= 15 is 0 Å². The highest BCUT2D eigenvalue weighted by molar-refractivity contribution is 5.16. The van der Waals surface area contributed by atoms with Crippen LogP contribution in [0.15, 0.2) is 42.9 Å². The second-order valence-electron chi connectivity index (χ2n) is 6.52. The third-order valence-corrected chi connectivity index (χ3v) is 4.63. The average Bonchev–Trinajstić information content (AvgIpc) is 3.02. The molecule has 1 aromatic carbocycles. The van der Waals surface area contributed by atoms with Crippen molar-refractivity contribution >= 4 is 0 Å². The van der Waals surface area contributed by atoms with E-state index in [1.54, 1.807) is 7.11 Å². The Labute approximate surface area is 144 Å². The zero-order valence-electron chi connectivity index (χ0n) is 14.5. The van der Waals surface area contributed by atoms with Crippen LogP contribution in [0.1, 0.15) is 30.2 Å². The van der Waals surface area contributed by atoms with Gasteiger partial charge in [0.05, 0.1) is 24.8 Å². The second-order valence-corrected chi connectivity index (χ2v) is 6.52. The van der Waals surface area contributed by atoms with E-state index in [4.69, 9.17) is 9.47 Å². The Morgan fingerprint density at radius 3 is 2.92 bits per heavy atom. The Balaban J connectivity index is 1.60. The highest BCUT2D eigenvalue weighted by Gasteiger charge is 2.27. The van der Waals surface area contributed by atoms with Crippen molar-refractivity contribution in [2.75, 3.05) is 20.3 Å². The first-order valence-corrected chi connectivity index (χ1v) is 8.63. The van der Waals surface area contributed by atoms with Crippen molar-refractivity contribution in [3.63, 3.8) is 0 Å². The van der Waals surface area contributed by atoms with Crippen molar-refractivity contribution in [2.45, 2.75) is 37.5 Å². The molecule has 1 aliphatic heterocycles. The smallest absolute Gasteiger partial charge is 0.100 e. The van der Waals surface area contributed by atoms with Crippen molar-refractivity contribution < 1.29 is 9.47 Å². The number of aromatic nitrogens is 2. The Hall–Kier alpha value is -1.69. The Morgan fingerprint density at radius 2 is 2.21 bits per heavy atom. The number of benzene rings is 1. The van der Waals surface area contributed by atoms with E-state index in [0.717, 1.165) is 31.6 Å². The lowest BCUT2D eigenvalue weighted by Crippen LogP contribution is -2.45. The van der Waals surface area contributed by atoms with Gasteiger partial charge >= 0.3 is 0 Å². The lowest BCUT2D eigenvalue weighted by atomic mass is 9.98. The Morgan fingerprint density at radius 1 is 1.38 bits per heavy atom. The summed E-state index contributed by atoms with van der Waals surface area (Å²) in [7, 11) is 3.79. The van der Waals surface area contributed by atoms with Crippen LogP contribution in [0.4, 0.5) is 0 Å². The average molecular weight is 329 g/mol. The molecule has 1 aliphatic rings. The van der Waals surface area contributed by atoms with Crippen molar-refractivity contribution in [3.8, 4) is 0 Å². The normalized spacial score (nSPS) is 22.4. The molecule has 3 rings (SSSR count). The van der Waals surface area contributed by atoms with Crippen LogP contribution in [0.3, 0.4) is 0 Å². The van der Waals surface area contributed by atoms with Gasteiger partial charge < -0.3 is 19.4 Å². The molecule has 3 atom stereocenters. The molecule has 0 bridgehead atoms. The zero-order valence-corrected chi connectivity index (χ0v) is 14.5. The summed E-state index contributed by atoms with van der Waals surface area (Å²) in [6.45, 7) is 1.49. The molecule has 0 radical (unpaired) electrons. The first-order valence-electron chi connectivity index (χ1n) is 8.63. The van der Waals surface area contributed by atoms with E-state index in [-0.39, 0.29) is 6.10 Å². The molecule has 0 spiro atoms. The van der Waals surface area contributed by atoms with Crippen molar-refractivity contribution in [2.24, 2.45) is 7.05 Å². The van der Waals surface area contributed by atoms with Gasteiger partial charge in [0, 0.05) is 32.8 Å². The number of rotatable bonds is 7.